The third kappa shape index (κ3) is 3.89. The van der Waals surface area contributed by atoms with Crippen molar-refractivity contribution in [3.8, 4) is 0 Å². The molecule has 4 aromatic heterocycles. The van der Waals surface area contributed by atoms with Crippen LogP contribution in [0.5, 0.6) is 0 Å². The lowest BCUT2D eigenvalue weighted by atomic mass is 9.86. The van der Waals surface area contributed by atoms with E-state index in [1.165, 1.54) is 11.3 Å². The summed E-state index contributed by atoms with van der Waals surface area (Å²) in [4.78, 5) is 37.3. The number of thiazole rings is 1. The van der Waals surface area contributed by atoms with E-state index in [2.05, 4.69) is 42.1 Å². The van der Waals surface area contributed by atoms with Crippen LogP contribution in [0, 0.1) is 5.92 Å². The summed E-state index contributed by atoms with van der Waals surface area (Å²) >= 11 is 1.37. The maximum atomic E-state index is 12.5. The summed E-state index contributed by atoms with van der Waals surface area (Å²) in [5.41, 5.74) is 7.61. The lowest BCUT2D eigenvalue weighted by Crippen LogP contribution is -2.68. The minimum Gasteiger partial charge on any atom is -0.352 e. The van der Waals surface area contributed by atoms with Crippen molar-refractivity contribution in [2.45, 2.75) is 19.0 Å². The van der Waals surface area contributed by atoms with E-state index < -0.39 is 5.66 Å². The molecule has 1 aliphatic heterocycles. The highest BCUT2D eigenvalue weighted by Crippen LogP contribution is 2.34. The third-order valence-corrected chi connectivity index (χ3v) is 7.08. The summed E-state index contributed by atoms with van der Waals surface area (Å²) in [7, 11) is 1.95. The molecule has 0 aromatic carbocycles. The van der Waals surface area contributed by atoms with Gasteiger partial charge in [-0.2, -0.15) is 0 Å². The Balaban J connectivity index is 1.36. The van der Waals surface area contributed by atoms with E-state index in [4.69, 9.17) is 5.73 Å². The Morgan fingerprint density at radius 3 is 2.94 bits per heavy atom. The lowest BCUT2D eigenvalue weighted by Gasteiger charge is -2.50. The SMILES string of the molecule is CC1CCN(c2ncnc3[nH]ccc23)CC1(N)N(C)c1ccc(C(=O)Nc2nccs2)cn1. The van der Waals surface area contributed by atoms with Crippen LogP contribution in [0.1, 0.15) is 23.7 Å². The molecular weight excluding hydrogens is 438 g/mol. The van der Waals surface area contributed by atoms with Gasteiger partial charge in [0.25, 0.3) is 5.91 Å². The molecule has 1 fully saturated rings. The Kier molecular flexibility index (Phi) is 5.43. The number of aromatic amines is 1. The number of amides is 1. The predicted octanol–water partition coefficient (Wildman–Crippen LogP) is 2.70. The molecular formula is C22H25N9OS. The van der Waals surface area contributed by atoms with Crippen molar-refractivity contribution in [2.75, 3.05) is 35.3 Å². The number of pyridine rings is 1. The largest absolute Gasteiger partial charge is 0.352 e. The highest BCUT2D eigenvalue weighted by Gasteiger charge is 2.42. The first-order valence-electron chi connectivity index (χ1n) is 10.7. The number of hydrogen-bond acceptors (Lipinski definition) is 9. The van der Waals surface area contributed by atoms with Gasteiger partial charge in [-0.1, -0.05) is 6.92 Å². The topological polar surface area (TPSA) is 129 Å². The van der Waals surface area contributed by atoms with Crippen LogP contribution in [-0.2, 0) is 0 Å². The standard InChI is InChI=1S/C22H25N9OS/c1-14-6-9-31(19-16-5-7-24-18(16)27-13-28-19)12-22(14,23)30(2)17-4-3-15(11-26-17)20(32)29-21-25-8-10-33-21/h3-5,7-8,10-11,13-14H,6,9,12,23H2,1-2H3,(H,24,27,28)(H,25,29,32). The van der Waals surface area contributed by atoms with E-state index >= 15 is 0 Å². The molecule has 5 rings (SSSR count). The number of nitrogens with one attached hydrogen (secondary N) is 2. The highest BCUT2D eigenvalue weighted by molar-refractivity contribution is 7.13. The van der Waals surface area contributed by atoms with Crippen LogP contribution in [0.2, 0.25) is 0 Å². The molecule has 0 bridgehead atoms. The van der Waals surface area contributed by atoms with Crippen molar-refractivity contribution in [2.24, 2.45) is 11.7 Å². The number of fused-ring (bicyclic) bond motifs is 1. The summed E-state index contributed by atoms with van der Waals surface area (Å²) in [6.45, 7) is 3.60. The van der Waals surface area contributed by atoms with Crippen LogP contribution in [-0.4, -0.2) is 56.6 Å². The van der Waals surface area contributed by atoms with Crippen molar-refractivity contribution in [3.05, 3.63) is 54.1 Å². The van der Waals surface area contributed by atoms with Gasteiger partial charge in [0.1, 0.15) is 29.3 Å². The van der Waals surface area contributed by atoms with E-state index in [0.717, 1.165) is 29.8 Å². The molecule has 0 aliphatic carbocycles. The lowest BCUT2D eigenvalue weighted by molar-refractivity contribution is 0.102. The Morgan fingerprint density at radius 1 is 1.30 bits per heavy atom. The van der Waals surface area contributed by atoms with Gasteiger partial charge >= 0.3 is 0 Å². The van der Waals surface area contributed by atoms with Crippen LogP contribution in [0.4, 0.5) is 16.8 Å². The fourth-order valence-corrected chi connectivity index (χ4v) is 4.78. The molecule has 10 nitrogen and oxygen atoms in total. The summed E-state index contributed by atoms with van der Waals surface area (Å²) in [6, 6.07) is 5.57. The Bertz CT molecular complexity index is 1260. The van der Waals surface area contributed by atoms with Gasteiger partial charge in [-0.25, -0.2) is 19.9 Å². The Hall–Kier alpha value is -3.57. The molecule has 33 heavy (non-hydrogen) atoms. The van der Waals surface area contributed by atoms with Gasteiger partial charge < -0.3 is 20.5 Å². The fourth-order valence-electron chi connectivity index (χ4n) is 4.25. The molecule has 0 radical (unpaired) electrons. The summed E-state index contributed by atoms with van der Waals surface area (Å²) in [5, 5.41) is 6.11. The third-order valence-electron chi connectivity index (χ3n) is 6.39. The van der Waals surface area contributed by atoms with E-state index in [1.807, 2.05) is 35.7 Å². The summed E-state index contributed by atoms with van der Waals surface area (Å²) < 4.78 is 0. The molecule has 11 heteroatoms. The number of nitrogens with zero attached hydrogens (tertiary/aromatic N) is 6. The first-order valence-corrected chi connectivity index (χ1v) is 11.6. The molecule has 2 atom stereocenters. The zero-order chi connectivity index (χ0) is 23.0. The second-order valence-corrected chi connectivity index (χ2v) is 9.19. The maximum Gasteiger partial charge on any atom is 0.259 e. The highest BCUT2D eigenvalue weighted by atomic mass is 32.1. The normalized spacial score (nSPS) is 20.7. The fraction of sp³-hybridized carbons (Fsp3) is 0.318. The van der Waals surface area contributed by atoms with E-state index in [1.54, 1.807) is 24.8 Å². The number of likely N-dealkylation sites (N-methyl/N-ethyl adjacent to an activating group) is 1. The van der Waals surface area contributed by atoms with Gasteiger partial charge in [0, 0.05) is 37.6 Å². The maximum absolute atomic E-state index is 12.5. The molecule has 4 aromatic rings. The van der Waals surface area contributed by atoms with E-state index in [0.29, 0.717) is 23.1 Å². The van der Waals surface area contributed by atoms with Crippen LogP contribution in [0.15, 0.2) is 48.5 Å². The zero-order valence-electron chi connectivity index (χ0n) is 18.4. The summed E-state index contributed by atoms with van der Waals surface area (Å²) in [5.74, 6) is 1.55. The van der Waals surface area contributed by atoms with Gasteiger partial charge in [-0.15, -0.1) is 11.3 Å². The molecule has 1 saturated heterocycles. The number of carbonyl (C=O) groups excluding carboxylic acids is 1. The average molecular weight is 464 g/mol. The van der Waals surface area contributed by atoms with Gasteiger partial charge in [0.05, 0.1) is 17.5 Å². The number of rotatable bonds is 5. The minimum absolute atomic E-state index is 0.219. The van der Waals surface area contributed by atoms with Crippen LogP contribution in [0.25, 0.3) is 11.0 Å². The quantitative estimate of drug-likeness (QED) is 0.385. The molecule has 2 unspecified atom stereocenters. The van der Waals surface area contributed by atoms with Gasteiger partial charge in [0.15, 0.2) is 5.13 Å². The number of hydrogen-bond donors (Lipinski definition) is 3. The molecule has 4 N–H and O–H groups in total. The number of piperidine rings is 1. The number of H-pyrrole nitrogens is 1. The van der Waals surface area contributed by atoms with Crippen molar-refractivity contribution < 1.29 is 4.79 Å². The molecule has 0 saturated carbocycles. The van der Waals surface area contributed by atoms with Gasteiger partial charge in [-0.3, -0.25) is 10.1 Å². The molecule has 170 valence electrons. The molecule has 1 aliphatic rings. The predicted molar refractivity (Wildman–Crippen MR) is 130 cm³/mol. The molecule has 0 spiro atoms. The summed E-state index contributed by atoms with van der Waals surface area (Å²) in [6.07, 6.45) is 7.56. The first-order chi connectivity index (χ1) is 16.0. The van der Waals surface area contributed by atoms with E-state index in [9.17, 15) is 4.79 Å². The minimum atomic E-state index is -0.677. The smallest absolute Gasteiger partial charge is 0.259 e. The van der Waals surface area contributed by atoms with Crippen molar-refractivity contribution in [3.63, 3.8) is 0 Å². The first kappa shape index (κ1) is 21.3. The zero-order valence-corrected chi connectivity index (χ0v) is 19.2. The molecule has 1 amide bonds. The van der Waals surface area contributed by atoms with E-state index in [-0.39, 0.29) is 11.8 Å². The number of nitrogens with two attached hydrogens (primary N) is 1. The second-order valence-electron chi connectivity index (χ2n) is 8.30. The Morgan fingerprint density at radius 2 is 2.18 bits per heavy atom. The van der Waals surface area contributed by atoms with Gasteiger partial charge in [-0.05, 0) is 30.5 Å². The molecule has 5 heterocycles. The monoisotopic (exact) mass is 463 g/mol. The van der Waals surface area contributed by atoms with Crippen molar-refractivity contribution in [1.82, 2.24) is 24.9 Å². The van der Waals surface area contributed by atoms with Crippen LogP contribution in [0.3, 0.4) is 0 Å². The van der Waals surface area contributed by atoms with Crippen molar-refractivity contribution in [1.29, 1.82) is 0 Å². The number of carbonyl (C=O) groups is 1. The average Bonchev–Trinajstić information content (AvgIpc) is 3.52. The number of aromatic nitrogens is 5. The van der Waals surface area contributed by atoms with Crippen LogP contribution < -0.4 is 20.9 Å². The van der Waals surface area contributed by atoms with Crippen molar-refractivity contribution >= 4 is 45.0 Å². The van der Waals surface area contributed by atoms with Crippen LogP contribution >= 0.6 is 11.3 Å². The van der Waals surface area contributed by atoms with Gasteiger partial charge in [0.2, 0.25) is 0 Å². The Labute approximate surface area is 194 Å². The second kappa shape index (κ2) is 8.41. The number of anilines is 3.